The second-order valence-corrected chi connectivity index (χ2v) is 5.53. The third-order valence-electron chi connectivity index (χ3n) is 3.89. The van der Waals surface area contributed by atoms with Gasteiger partial charge in [-0.25, -0.2) is 0 Å². The Morgan fingerprint density at radius 1 is 1.09 bits per heavy atom. The predicted molar refractivity (Wildman–Crippen MR) is 90.0 cm³/mol. The van der Waals surface area contributed by atoms with Gasteiger partial charge in [-0.2, -0.15) is 0 Å². The predicted octanol–water partition coefficient (Wildman–Crippen LogP) is 3.43. The topological polar surface area (TPSA) is 41.5 Å². The molecule has 0 unspecified atom stereocenters. The lowest BCUT2D eigenvalue weighted by Crippen LogP contribution is -2.31. The molecule has 0 aliphatic heterocycles. The minimum atomic E-state index is 0.164. The van der Waals surface area contributed by atoms with Crippen LogP contribution in [0.3, 0.4) is 0 Å². The van der Waals surface area contributed by atoms with Gasteiger partial charge >= 0.3 is 0 Å². The molecule has 118 valence electrons. The number of benzene rings is 2. The Balaban J connectivity index is 1.85. The van der Waals surface area contributed by atoms with Crippen LogP contribution < -0.4 is 10.1 Å². The lowest BCUT2D eigenvalue weighted by Gasteiger charge is -2.14. The van der Waals surface area contributed by atoms with Crippen LogP contribution in [-0.2, 0) is 13.2 Å². The summed E-state index contributed by atoms with van der Waals surface area (Å²) >= 11 is 0. The third kappa shape index (κ3) is 4.86. The molecule has 0 aliphatic rings. The summed E-state index contributed by atoms with van der Waals surface area (Å²) in [6.45, 7) is 5.69. The molecule has 2 rings (SSSR count). The van der Waals surface area contributed by atoms with Crippen molar-refractivity contribution in [1.29, 1.82) is 0 Å². The molecular weight excluding hydrogens is 274 g/mol. The van der Waals surface area contributed by atoms with Crippen LogP contribution in [-0.4, -0.2) is 17.8 Å². The van der Waals surface area contributed by atoms with Crippen molar-refractivity contribution in [3.63, 3.8) is 0 Å². The Morgan fingerprint density at radius 2 is 1.82 bits per heavy atom. The molecule has 0 radical (unpaired) electrons. The molecule has 0 aliphatic carbocycles. The van der Waals surface area contributed by atoms with Crippen molar-refractivity contribution in [3.05, 3.63) is 65.2 Å². The quantitative estimate of drug-likeness (QED) is 0.784. The molecule has 2 aromatic rings. The van der Waals surface area contributed by atoms with Gasteiger partial charge in [0.1, 0.15) is 12.4 Å². The van der Waals surface area contributed by atoms with Gasteiger partial charge in [-0.05, 0) is 42.2 Å². The molecule has 0 saturated heterocycles. The average Bonchev–Trinajstić information content (AvgIpc) is 2.56. The zero-order valence-corrected chi connectivity index (χ0v) is 13.4. The van der Waals surface area contributed by atoms with Crippen molar-refractivity contribution in [3.8, 4) is 5.75 Å². The zero-order valence-electron chi connectivity index (χ0n) is 13.4. The number of hydrogen-bond donors (Lipinski definition) is 2. The molecular formula is C19H25NO2. The number of rotatable bonds is 8. The fourth-order valence-electron chi connectivity index (χ4n) is 2.24. The number of ether oxygens (including phenoxy) is 1. The maximum absolute atomic E-state index is 9.17. The fourth-order valence-corrected chi connectivity index (χ4v) is 2.24. The highest BCUT2D eigenvalue weighted by Gasteiger charge is 2.04. The van der Waals surface area contributed by atoms with Crippen LogP contribution in [0.1, 0.15) is 30.0 Å². The van der Waals surface area contributed by atoms with Crippen LogP contribution >= 0.6 is 0 Å². The van der Waals surface area contributed by atoms with Crippen molar-refractivity contribution >= 4 is 0 Å². The highest BCUT2D eigenvalue weighted by Crippen LogP contribution is 2.16. The molecule has 0 heterocycles. The van der Waals surface area contributed by atoms with Gasteiger partial charge in [-0.3, -0.25) is 0 Å². The average molecular weight is 299 g/mol. The molecule has 0 amide bonds. The molecule has 0 fully saturated rings. The van der Waals surface area contributed by atoms with E-state index >= 15 is 0 Å². The molecule has 2 aromatic carbocycles. The summed E-state index contributed by atoms with van der Waals surface area (Å²) in [5.74, 6) is 0.876. The number of hydrogen-bond acceptors (Lipinski definition) is 3. The Hall–Kier alpha value is -1.84. The van der Waals surface area contributed by atoms with E-state index in [4.69, 9.17) is 9.84 Å². The molecule has 0 spiro atoms. The smallest absolute Gasteiger partial charge is 0.119 e. The van der Waals surface area contributed by atoms with E-state index in [1.165, 1.54) is 16.7 Å². The molecule has 22 heavy (non-hydrogen) atoms. The Kier molecular flexibility index (Phi) is 6.44. The molecule has 0 bridgehead atoms. The van der Waals surface area contributed by atoms with Crippen LogP contribution in [0.5, 0.6) is 5.75 Å². The zero-order chi connectivity index (χ0) is 15.8. The monoisotopic (exact) mass is 299 g/mol. The summed E-state index contributed by atoms with van der Waals surface area (Å²) in [5, 5.41) is 12.5. The van der Waals surface area contributed by atoms with Gasteiger partial charge in [0.25, 0.3) is 0 Å². The Labute approximate surface area is 133 Å². The van der Waals surface area contributed by atoms with Crippen LogP contribution in [0.4, 0.5) is 0 Å². The summed E-state index contributed by atoms with van der Waals surface area (Å²) in [6.07, 6.45) is 0.925. The summed E-state index contributed by atoms with van der Waals surface area (Å²) in [5.41, 5.74) is 3.65. The van der Waals surface area contributed by atoms with Gasteiger partial charge in [0.2, 0.25) is 0 Å². The lowest BCUT2D eigenvalue weighted by molar-refractivity contribution is 0.238. The second-order valence-electron chi connectivity index (χ2n) is 5.53. The summed E-state index contributed by atoms with van der Waals surface area (Å²) in [4.78, 5) is 0. The largest absolute Gasteiger partial charge is 0.489 e. The SMILES string of the molecule is CC[C@@H](CO)NCc1ccc(OCc2ccccc2C)cc1. The van der Waals surface area contributed by atoms with E-state index in [2.05, 4.69) is 43.4 Å². The van der Waals surface area contributed by atoms with E-state index in [-0.39, 0.29) is 12.6 Å². The van der Waals surface area contributed by atoms with Gasteiger partial charge in [-0.1, -0.05) is 43.3 Å². The summed E-state index contributed by atoms with van der Waals surface area (Å²) < 4.78 is 5.84. The third-order valence-corrected chi connectivity index (χ3v) is 3.89. The van der Waals surface area contributed by atoms with Crippen LogP contribution in [0.25, 0.3) is 0 Å². The molecule has 0 saturated carbocycles. The number of nitrogens with one attached hydrogen (secondary N) is 1. The first-order valence-electron chi connectivity index (χ1n) is 7.83. The molecule has 2 N–H and O–H groups in total. The standard InChI is InChI=1S/C19H25NO2/c1-3-18(13-21)20-12-16-8-10-19(11-9-16)22-14-17-7-5-4-6-15(17)2/h4-11,18,20-21H,3,12-14H2,1-2H3/t18-/m0/s1. The highest BCUT2D eigenvalue weighted by molar-refractivity contribution is 5.29. The van der Waals surface area contributed by atoms with Gasteiger partial charge < -0.3 is 15.2 Å². The van der Waals surface area contributed by atoms with E-state index in [0.29, 0.717) is 6.61 Å². The minimum absolute atomic E-state index is 0.164. The summed E-state index contributed by atoms with van der Waals surface area (Å²) in [6, 6.07) is 16.5. The molecule has 3 heteroatoms. The van der Waals surface area contributed by atoms with E-state index < -0.39 is 0 Å². The first-order valence-corrected chi connectivity index (χ1v) is 7.83. The van der Waals surface area contributed by atoms with Crippen molar-refractivity contribution in [2.24, 2.45) is 0 Å². The maximum Gasteiger partial charge on any atom is 0.119 e. The van der Waals surface area contributed by atoms with Crippen molar-refractivity contribution < 1.29 is 9.84 Å². The van der Waals surface area contributed by atoms with Crippen molar-refractivity contribution in [1.82, 2.24) is 5.32 Å². The van der Waals surface area contributed by atoms with Gasteiger partial charge in [0.15, 0.2) is 0 Å². The van der Waals surface area contributed by atoms with Gasteiger partial charge in [0, 0.05) is 12.6 Å². The first-order chi connectivity index (χ1) is 10.7. The van der Waals surface area contributed by atoms with Gasteiger partial charge in [0.05, 0.1) is 6.61 Å². The van der Waals surface area contributed by atoms with E-state index in [1.54, 1.807) is 0 Å². The van der Waals surface area contributed by atoms with Crippen molar-refractivity contribution in [2.45, 2.75) is 39.5 Å². The Morgan fingerprint density at radius 3 is 2.45 bits per heavy atom. The second kappa shape index (κ2) is 8.57. The highest BCUT2D eigenvalue weighted by atomic mass is 16.5. The molecule has 3 nitrogen and oxygen atoms in total. The van der Waals surface area contributed by atoms with Crippen LogP contribution in [0.2, 0.25) is 0 Å². The van der Waals surface area contributed by atoms with Gasteiger partial charge in [-0.15, -0.1) is 0 Å². The summed E-state index contributed by atoms with van der Waals surface area (Å²) in [7, 11) is 0. The van der Waals surface area contributed by atoms with E-state index in [9.17, 15) is 0 Å². The fraction of sp³-hybridized carbons (Fsp3) is 0.368. The number of aryl methyl sites for hydroxylation is 1. The number of aliphatic hydroxyl groups excluding tert-OH is 1. The van der Waals surface area contributed by atoms with Crippen molar-refractivity contribution in [2.75, 3.05) is 6.61 Å². The first kappa shape index (κ1) is 16.5. The molecule has 1 atom stereocenters. The number of aliphatic hydroxyl groups is 1. The minimum Gasteiger partial charge on any atom is -0.489 e. The van der Waals surface area contributed by atoms with Crippen LogP contribution in [0, 0.1) is 6.92 Å². The normalized spacial score (nSPS) is 12.1. The molecule has 0 aromatic heterocycles. The van der Waals surface area contributed by atoms with E-state index in [1.807, 2.05) is 24.3 Å². The van der Waals surface area contributed by atoms with E-state index in [0.717, 1.165) is 18.7 Å². The maximum atomic E-state index is 9.17. The Bertz CT molecular complexity index is 562. The lowest BCUT2D eigenvalue weighted by atomic mass is 10.1. The van der Waals surface area contributed by atoms with Crippen LogP contribution in [0.15, 0.2) is 48.5 Å².